The fraction of sp³-hybridized carbons (Fsp3) is 1.00. The van der Waals surface area contributed by atoms with Crippen LogP contribution < -0.4 is 5.73 Å². The second kappa shape index (κ2) is 2.47. The molecule has 2 saturated carbocycles. The van der Waals surface area contributed by atoms with Gasteiger partial charge in [0.2, 0.25) is 0 Å². The summed E-state index contributed by atoms with van der Waals surface area (Å²) in [5, 5.41) is 0. The molecule has 0 spiro atoms. The van der Waals surface area contributed by atoms with Gasteiger partial charge in [0.1, 0.15) is 0 Å². The first-order valence-corrected chi connectivity index (χ1v) is 5.26. The lowest BCUT2D eigenvalue weighted by Crippen LogP contribution is -2.35. The summed E-state index contributed by atoms with van der Waals surface area (Å²) < 4.78 is 30.7. The summed E-state index contributed by atoms with van der Waals surface area (Å²) in [5.41, 5.74) is 6.09. The highest BCUT2D eigenvalue weighted by atomic mass is 19.3. The molecule has 0 bridgehead atoms. The molecule has 4 unspecified atom stereocenters. The molecule has 2 nitrogen and oxygen atoms in total. The molecule has 0 aromatic heterocycles. The molecule has 0 aromatic rings. The van der Waals surface area contributed by atoms with Gasteiger partial charge >= 0.3 is 0 Å². The fourth-order valence-electron chi connectivity index (χ4n) is 2.82. The van der Waals surface area contributed by atoms with E-state index < -0.39 is 11.8 Å². The third-order valence-corrected chi connectivity index (χ3v) is 4.20. The van der Waals surface area contributed by atoms with Crippen LogP contribution in [0.15, 0.2) is 0 Å². The summed E-state index contributed by atoms with van der Waals surface area (Å²) in [7, 11) is 0. The molecule has 1 heterocycles. The van der Waals surface area contributed by atoms with Gasteiger partial charge in [-0.25, -0.2) is 8.78 Å². The summed E-state index contributed by atoms with van der Waals surface area (Å²) in [6, 6.07) is -0.0756. The molecule has 3 rings (SSSR count). The van der Waals surface area contributed by atoms with E-state index >= 15 is 0 Å². The predicted octanol–water partition coefficient (Wildman–Crippen LogP) is 1.40. The monoisotopic (exact) mass is 203 g/mol. The molecule has 4 heteroatoms. The zero-order valence-electron chi connectivity index (χ0n) is 8.01. The standard InChI is InChI=1S/C10H15F2NO/c11-10(12)3-6(10)1-8(13)9-2-7(9)4-14-5-9/h6-8H,1-5,13H2. The maximum Gasteiger partial charge on any atom is 0.251 e. The van der Waals surface area contributed by atoms with Gasteiger partial charge in [0, 0.05) is 23.8 Å². The van der Waals surface area contributed by atoms with Crippen molar-refractivity contribution < 1.29 is 13.5 Å². The van der Waals surface area contributed by atoms with Gasteiger partial charge in [-0.2, -0.15) is 0 Å². The van der Waals surface area contributed by atoms with E-state index in [4.69, 9.17) is 10.5 Å². The summed E-state index contributed by atoms with van der Waals surface area (Å²) in [5.74, 6) is -2.31. The molecule has 80 valence electrons. The summed E-state index contributed by atoms with van der Waals surface area (Å²) in [4.78, 5) is 0. The van der Waals surface area contributed by atoms with Crippen molar-refractivity contribution in [1.82, 2.24) is 0 Å². The highest BCUT2D eigenvalue weighted by Crippen LogP contribution is 2.61. The van der Waals surface area contributed by atoms with Crippen LogP contribution in [-0.4, -0.2) is 25.2 Å². The van der Waals surface area contributed by atoms with Crippen molar-refractivity contribution in [3.63, 3.8) is 0 Å². The highest BCUT2D eigenvalue weighted by molar-refractivity contribution is 5.13. The minimum absolute atomic E-state index is 0.0440. The van der Waals surface area contributed by atoms with Gasteiger partial charge in [-0.05, 0) is 18.8 Å². The van der Waals surface area contributed by atoms with Crippen molar-refractivity contribution in [2.75, 3.05) is 13.2 Å². The van der Waals surface area contributed by atoms with Crippen LogP contribution in [0.1, 0.15) is 19.3 Å². The number of fused-ring (bicyclic) bond motifs is 1. The normalized spacial score (nSPS) is 49.9. The van der Waals surface area contributed by atoms with Crippen LogP contribution in [0, 0.1) is 17.3 Å². The molecular weight excluding hydrogens is 188 g/mol. The first-order chi connectivity index (χ1) is 6.55. The minimum atomic E-state index is -2.42. The largest absolute Gasteiger partial charge is 0.380 e. The fourth-order valence-corrected chi connectivity index (χ4v) is 2.82. The number of hydrogen-bond acceptors (Lipinski definition) is 2. The zero-order chi connectivity index (χ0) is 9.97. The number of halogens is 2. The number of hydrogen-bond donors (Lipinski definition) is 1. The van der Waals surface area contributed by atoms with Crippen molar-refractivity contribution in [2.45, 2.75) is 31.2 Å². The Morgan fingerprint density at radius 1 is 1.43 bits per heavy atom. The van der Waals surface area contributed by atoms with E-state index in [-0.39, 0.29) is 17.9 Å². The molecule has 0 amide bonds. The predicted molar refractivity (Wildman–Crippen MR) is 47.0 cm³/mol. The molecule has 2 N–H and O–H groups in total. The van der Waals surface area contributed by atoms with Gasteiger partial charge in [0.15, 0.2) is 0 Å². The van der Waals surface area contributed by atoms with Gasteiger partial charge in [-0.3, -0.25) is 0 Å². The van der Waals surface area contributed by atoms with Crippen molar-refractivity contribution in [1.29, 1.82) is 0 Å². The summed E-state index contributed by atoms with van der Waals surface area (Å²) in [6.07, 6.45) is 1.61. The van der Waals surface area contributed by atoms with E-state index in [0.29, 0.717) is 18.9 Å². The molecular formula is C10H15F2NO. The molecule has 1 saturated heterocycles. The summed E-state index contributed by atoms with van der Waals surface area (Å²) >= 11 is 0. The zero-order valence-corrected chi connectivity index (χ0v) is 8.01. The van der Waals surface area contributed by atoms with E-state index in [2.05, 4.69) is 0 Å². The van der Waals surface area contributed by atoms with E-state index in [9.17, 15) is 8.78 Å². The van der Waals surface area contributed by atoms with Crippen molar-refractivity contribution in [2.24, 2.45) is 23.0 Å². The van der Waals surface area contributed by atoms with Gasteiger partial charge in [-0.15, -0.1) is 0 Å². The minimum Gasteiger partial charge on any atom is -0.380 e. The van der Waals surface area contributed by atoms with Crippen LogP contribution in [0.25, 0.3) is 0 Å². The van der Waals surface area contributed by atoms with E-state index in [1.165, 1.54) is 0 Å². The lowest BCUT2D eigenvalue weighted by molar-refractivity contribution is 0.0897. The second-order valence-electron chi connectivity index (χ2n) is 5.15. The Morgan fingerprint density at radius 2 is 2.14 bits per heavy atom. The first kappa shape index (κ1) is 9.04. The second-order valence-corrected chi connectivity index (χ2v) is 5.15. The molecule has 14 heavy (non-hydrogen) atoms. The average molecular weight is 203 g/mol. The van der Waals surface area contributed by atoms with Crippen LogP contribution >= 0.6 is 0 Å². The first-order valence-electron chi connectivity index (χ1n) is 5.26. The van der Waals surface area contributed by atoms with Gasteiger partial charge in [-0.1, -0.05) is 0 Å². The number of rotatable bonds is 3. The lowest BCUT2D eigenvalue weighted by atomic mass is 9.92. The van der Waals surface area contributed by atoms with E-state index in [0.717, 1.165) is 13.0 Å². The van der Waals surface area contributed by atoms with Crippen LogP contribution in [-0.2, 0) is 4.74 Å². The molecule has 3 aliphatic rings. The quantitative estimate of drug-likeness (QED) is 0.752. The van der Waals surface area contributed by atoms with Crippen molar-refractivity contribution >= 4 is 0 Å². The van der Waals surface area contributed by atoms with Crippen molar-refractivity contribution in [3.05, 3.63) is 0 Å². The van der Waals surface area contributed by atoms with Gasteiger partial charge in [0.25, 0.3) is 5.92 Å². The van der Waals surface area contributed by atoms with Crippen LogP contribution in [0.4, 0.5) is 8.78 Å². The molecule has 0 radical (unpaired) electrons. The van der Waals surface area contributed by atoms with Gasteiger partial charge in [0.05, 0.1) is 13.2 Å². The Kier molecular flexibility index (Phi) is 1.60. The van der Waals surface area contributed by atoms with Crippen LogP contribution in [0.2, 0.25) is 0 Å². The van der Waals surface area contributed by atoms with E-state index in [1.807, 2.05) is 0 Å². The highest BCUT2D eigenvalue weighted by Gasteiger charge is 2.64. The smallest absolute Gasteiger partial charge is 0.251 e. The van der Waals surface area contributed by atoms with E-state index in [1.54, 1.807) is 0 Å². The molecule has 0 aromatic carbocycles. The maximum absolute atomic E-state index is 12.7. The third kappa shape index (κ3) is 1.13. The average Bonchev–Trinajstić information content (AvgIpc) is 2.91. The maximum atomic E-state index is 12.7. The number of alkyl halides is 2. The molecule has 2 aliphatic carbocycles. The Morgan fingerprint density at radius 3 is 2.57 bits per heavy atom. The Labute approximate surface area is 81.8 Å². The SMILES string of the molecule is NC(CC1CC1(F)F)C12COCC1C2. The van der Waals surface area contributed by atoms with Crippen LogP contribution in [0.5, 0.6) is 0 Å². The molecule has 4 atom stereocenters. The Bertz CT molecular complexity index is 271. The number of nitrogens with two attached hydrogens (primary N) is 1. The topological polar surface area (TPSA) is 35.2 Å². The van der Waals surface area contributed by atoms with Crippen molar-refractivity contribution in [3.8, 4) is 0 Å². The number of ether oxygens (including phenoxy) is 1. The molecule has 1 aliphatic heterocycles. The summed E-state index contributed by atoms with van der Waals surface area (Å²) in [6.45, 7) is 1.48. The lowest BCUT2D eigenvalue weighted by Gasteiger charge is -2.20. The molecule has 3 fully saturated rings. The Hall–Kier alpha value is -0.220. The third-order valence-electron chi connectivity index (χ3n) is 4.20. The van der Waals surface area contributed by atoms with Gasteiger partial charge < -0.3 is 10.5 Å². The van der Waals surface area contributed by atoms with Crippen LogP contribution in [0.3, 0.4) is 0 Å². The Balaban J connectivity index is 1.59.